The third-order valence-electron chi connectivity index (χ3n) is 5.70. The van der Waals surface area contributed by atoms with Crippen molar-refractivity contribution in [1.29, 1.82) is 0 Å². The Morgan fingerprint density at radius 3 is 2.67 bits per heavy atom. The maximum Gasteiger partial charge on any atom is 0.406 e. The van der Waals surface area contributed by atoms with Crippen molar-refractivity contribution in [2.75, 3.05) is 20.3 Å². The molecule has 0 spiro atoms. The van der Waals surface area contributed by atoms with Crippen molar-refractivity contribution >= 4 is 29.1 Å². The first-order valence-electron chi connectivity index (χ1n) is 10.8. The molecule has 0 unspecified atom stereocenters. The standard InChI is InChI=1S/C22H32N2O5S/c1-14(24(17-9-10-17)21(26)18-8-4-5-12-29-18)19-13-16(20(30-19)15(2)25)7-6-11-23-22(27)28-3/h13-14,17-18H,4-12H2,1-3H3,(H,23,27)/t14-,18-/m1/s1. The first-order chi connectivity index (χ1) is 14.4. The predicted octanol–water partition coefficient (Wildman–Crippen LogP) is 3.86. The number of ketones is 1. The molecular formula is C22H32N2O5S. The normalized spacial score (nSPS) is 19.8. The molecular weight excluding hydrogens is 404 g/mol. The second-order valence-electron chi connectivity index (χ2n) is 8.09. The fourth-order valence-electron chi connectivity index (χ4n) is 3.96. The van der Waals surface area contributed by atoms with Crippen molar-refractivity contribution in [3.8, 4) is 0 Å². The number of hydrogen-bond acceptors (Lipinski definition) is 6. The van der Waals surface area contributed by atoms with Crippen LogP contribution in [-0.4, -0.2) is 55.1 Å². The van der Waals surface area contributed by atoms with E-state index in [1.54, 1.807) is 6.92 Å². The number of carbonyl (C=O) groups excluding carboxylic acids is 3. The summed E-state index contributed by atoms with van der Waals surface area (Å²) in [5.41, 5.74) is 0.984. The number of hydrogen-bond donors (Lipinski definition) is 1. The fourth-order valence-corrected chi connectivity index (χ4v) is 5.12. The highest BCUT2D eigenvalue weighted by molar-refractivity contribution is 7.14. The summed E-state index contributed by atoms with van der Waals surface area (Å²) < 4.78 is 10.3. The number of aryl methyl sites for hydroxylation is 1. The van der Waals surface area contributed by atoms with Crippen molar-refractivity contribution in [3.63, 3.8) is 0 Å². The van der Waals surface area contributed by atoms with Crippen LogP contribution in [0.2, 0.25) is 0 Å². The maximum absolute atomic E-state index is 13.2. The second-order valence-corrected chi connectivity index (χ2v) is 9.17. The number of nitrogens with zero attached hydrogens (tertiary/aromatic N) is 1. The van der Waals surface area contributed by atoms with Gasteiger partial charge in [0.05, 0.1) is 18.0 Å². The second kappa shape index (κ2) is 10.4. The average molecular weight is 437 g/mol. The first-order valence-corrected chi connectivity index (χ1v) is 11.6. The molecule has 2 heterocycles. The van der Waals surface area contributed by atoms with Gasteiger partial charge in [-0.2, -0.15) is 0 Å². The van der Waals surface area contributed by atoms with E-state index in [9.17, 15) is 14.4 Å². The van der Waals surface area contributed by atoms with E-state index in [4.69, 9.17) is 4.74 Å². The largest absolute Gasteiger partial charge is 0.453 e. The third-order valence-corrected chi connectivity index (χ3v) is 7.15. The van der Waals surface area contributed by atoms with Crippen LogP contribution in [0.3, 0.4) is 0 Å². The van der Waals surface area contributed by atoms with Gasteiger partial charge in [-0.1, -0.05) is 0 Å². The van der Waals surface area contributed by atoms with Crippen LogP contribution in [-0.2, 0) is 20.7 Å². The summed E-state index contributed by atoms with van der Waals surface area (Å²) in [6.07, 6.45) is 5.50. The Morgan fingerprint density at radius 1 is 1.30 bits per heavy atom. The van der Waals surface area contributed by atoms with Gasteiger partial charge in [-0.25, -0.2) is 4.79 Å². The van der Waals surface area contributed by atoms with Crippen LogP contribution in [0.25, 0.3) is 0 Å². The minimum Gasteiger partial charge on any atom is -0.453 e. The van der Waals surface area contributed by atoms with E-state index in [-0.39, 0.29) is 29.9 Å². The van der Waals surface area contributed by atoms with E-state index in [0.717, 1.165) is 47.4 Å². The summed E-state index contributed by atoms with van der Waals surface area (Å²) in [5, 5.41) is 2.66. The number of rotatable bonds is 9. The van der Waals surface area contributed by atoms with Crippen LogP contribution in [0.1, 0.15) is 78.5 Å². The summed E-state index contributed by atoms with van der Waals surface area (Å²) in [6.45, 7) is 4.77. The van der Waals surface area contributed by atoms with Crippen LogP contribution < -0.4 is 5.32 Å². The number of nitrogens with one attached hydrogen (secondary N) is 1. The minimum absolute atomic E-state index is 0.0364. The fraction of sp³-hybridized carbons (Fsp3) is 0.682. The molecule has 1 aliphatic heterocycles. The molecule has 1 aliphatic carbocycles. The highest BCUT2D eigenvalue weighted by Gasteiger charge is 2.40. The average Bonchev–Trinajstić information content (AvgIpc) is 3.48. The number of carbonyl (C=O) groups is 3. The van der Waals surface area contributed by atoms with E-state index in [2.05, 4.69) is 23.0 Å². The number of ether oxygens (including phenoxy) is 2. The molecule has 2 atom stereocenters. The van der Waals surface area contributed by atoms with E-state index in [0.29, 0.717) is 26.0 Å². The highest BCUT2D eigenvalue weighted by Crippen LogP contribution is 2.39. The molecule has 3 rings (SSSR count). The molecule has 30 heavy (non-hydrogen) atoms. The van der Waals surface area contributed by atoms with E-state index < -0.39 is 6.09 Å². The molecule has 1 saturated carbocycles. The van der Waals surface area contributed by atoms with Crippen molar-refractivity contribution in [2.24, 2.45) is 0 Å². The van der Waals surface area contributed by atoms with Crippen LogP contribution >= 0.6 is 11.3 Å². The molecule has 2 aliphatic rings. The predicted molar refractivity (Wildman–Crippen MR) is 115 cm³/mol. The Labute approximate surface area is 182 Å². The molecule has 7 nitrogen and oxygen atoms in total. The Hall–Kier alpha value is -1.93. The van der Waals surface area contributed by atoms with Crippen molar-refractivity contribution in [3.05, 3.63) is 21.4 Å². The van der Waals surface area contributed by atoms with Gasteiger partial charge in [0.2, 0.25) is 0 Å². The van der Waals surface area contributed by atoms with Crippen molar-refractivity contribution < 1.29 is 23.9 Å². The zero-order valence-electron chi connectivity index (χ0n) is 18.1. The first kappa shape index (κ1) is 22.7. The highest BCUT2D eigenvalue weighted by atomic mass is 32.1. The lowest BCUT2D eigenvalue weighted by Gasteiger charge is -2.33. The third kappa shape index (κ3) is 5.60. The lowest BCUT2D eigenvalue weighted by molar-refractivity contribution is -0.149. The Kier molecular flexibility index (Phi) is 7.88. The zero-order valence-corrected chi connectivity index (χ0v) is 18.9. The van der Waals surface area contributed by atoms with Gasteiger partial charge in [0.25, 0.3) is 5.91 Å². The monoisotopic (exact) mass is 436 g/mol. The SMILES string of the molecule is COC(=O)NCCCc1cc([C@@H](C)N(C(=O)[C@H]2CCCCO2)C2CC2)sc1C(C)=O. The van der Waals surface area contributed by atoms with Gasteiger partial charge >= 0.3 is 6.09 Å². The molecule has 0 radical (unpaired) electrons. The topological polar surface area (TPSA) is 84.9 Å². The van der Waals surface area contributed by atoms with Crippen LogP contribution in [0, 0.1) is 0 Å². The zero-order chi connectivity index (χ0) is 21.7. The summed E-state index contributed by atoms with van der Waals surface area (Å²) in [4.78, 5) is 40.4. The van der Waals surface area contributed by atoms with Gasteiger partial charge in [0.1, 0.15) is 6.10 Å². The van der Waals surface area contributed by atoms with Gasteiger partial charge < -0.3 is 19.7 Å². The number of amides is 2. The molecule has 2 amide bonds. The quantitative estimate of drug-likeness (QED) is 0.469. The molecule has 1 saturated heterocycles. The van der Waals surface area contributed by atoms with Gasteiger partial charge in [-0.3, -0.25) is 9.59 Å². The van der Waals surface area contributed by atoms with Gasteiger partial charge in [0.15, 0.2) is 5.78 Å². The van der Waals surface area contributed by atoms with Crippen LogP contribution in [0.5, 0.6) is 0 Å². The Bertz CT molecular complexity index is 768. The van der Waals surface area contributed by atoms with Crippen LogP contribution in [0.15, 0.2) is 6.07 Å². The van der Waals surface area contributed by atoms with Crippen molar-refractivity contribution in [1.82, 2.24) is 10.2 Å². The molecule has 0 aromatic carbocycles. The number of thiophene rings is 1. The summed E-state index contributed by atoms with van der Waals surface area (Å²) in [6, 6.07) is 2.25. The van der Waals surface area contributed by atoms with E-state index in [1.165, 1.54) is 18.4 Å². The molecule has 2 fully saturated rings. The Balaban J connectivity index is 1.71. The Morgan fingerprint density at radius 2 is 2.07 bits per heavy atom. The number of alkyl carbamates (subject to hydrolysis) is 1. The molecule has 0 bridgehead atoms. The molecule has 1 N–H and O–H groups in total. The summed E-state index contributed by atoms with van der Waals surface area (Å²) >= 11 is 1.49. The van der Waals surface area contributed by atoms with Gasteiger partial charge in [-0.15, -0.1) is 11.3 Å². The van der Waals surface area contributed by atoms with Gasteiger partial charge in [0, 0.05) is 24.1 Å². The van der Waals surface area contributed by atoms with Crippen molar-refractivity contribution in [2.45, 2.75) is 77.0 Å². The molecule has 1 aromatic rings. The molecule has 1 aromatic heterocycles. The minimum atomic E-state index is -0.454. The van der Waals surface area contributed by atoms with Gasteiger partial charge in [-0.05, 0) is 70.4 Å². The molecule has 8 heteroatoms. The maximum atomic E-state index is 13.2. The van der Waals surface area contributed by atoms with E-state index in [1.807, 2.05) is 4.90 Å². The lowest BCUT2D eigenvalue weighted by atomic mass is 10.1. The van der Waals surface area contributed by atoms with Crippen LogP contribution in [0.4, 0.5) is 4.79 Å². The smallest absolute Gasteiger partial charge is 0.406 e. The molecule has 166 valence electrons. The summed E-state index contributed by atoms with van der Waals surface area (Å²) in [5.74, 6) is 0.126. The summed E-state index contributed by atoms with van der Waals surface area (Å²) in [7, 11) is 1.33. The number of methoxy groups -OCH3 is 1. The lowest BCUT2D eigenvalue weighted by Crippen LogP contribution is -2.44. The van der Waals surface area contributed by atoms with E-state index >= 15 is 0 Å². The number of Topliss-reactive ketones (excluding diaryl/α,β-unsaturated/α-hetero) is 1.